The van der Waals surface area contributed by atoms with Crippen LogP contribution in [0.5, 0.6) is 5.75 Å². The average Bonchev–Trinajstić information content (AvgIpc) is 2.19. The normalized spacial score (nSPS) is 11.8. The van der Waals surface area contributed by atoms with Crippen LogP contribution in [0.3, 0.4) is 0 Å². The number of benzene rings is 1. The molecule has 0 aliphatic carbocycles. The summed E-state index contributed by atoms with van der Waals surface area (Å²) in [5.74, 6) is 0.407. The fourth-order valence-electron chi connectivity index (χ4n) is 1.71. The lowest BCUT2D eigenvalue weighted by molar-refractivity contribution is 0.465. The highest BCUT2D eigenvalue weighted by Gasteiger charge is 2.15. The zero-order valence-electron chi connectivity index (χ0n) is 10.6. The molecule has 0 atom stereocenters. The van der Waals surface area contributed by atoms with E-state index in [4.69, 9.17) is 5.73 Å². The van der Waals surface area contributed by atoms with Crippen LogP contribution in [0.15, 0.2) is 18.2 Å². The fraction of sp³-hybridized carbons (Fsp3) is 0.571. The van der Waals surface area contributed by atoms with E-state index >= 15 is 0 Å². The summed E-state index contributed by atoms with van der Waals surface area (Å²) in [7, 11) is 0. The van der Waals surface area contributed by atoms with Gasteiger partial charge in [-0.15, -0.1) is 0 Å². The van der Waals surface area contributed by atoms with Gasteiger partial charge in [-0.05, 0) is 48.4 Å². The van der Waals surface area contributed by atoms with Gasteiger partial charge in [0.05, 0.1) is 0 Å². The smallest absolute Gasteiger partial charge is 0.118 e. The van der Waals surface area contributed by atoms with E-state index in [9.17, 15) is 5.11 Å². The predicted octanol–water partition coefficient (Wildman–Crippen LogP) is 2.97. The van der Waals surface area contributed by atoms with Crippen LogP contribution < -0.4 is 5.73 Å². The number of aryl methyl sites for hydroxylation is 1. The third-order valence-corrected chi connectivity index (χ3v) is 2.85. The monoisotopic (exact) mass is 221 g/mol. The maximum atomic E-state index is 9.77. The minimum atomic E-state index is 0.135. The summed E-state index contributed by atoms with van der Waals surface area (Å²) in [5, 5.41) is 9.77. The molecule has 0 unspecified atom stereocenters. The van der Waals surface area contributed by atoms with E-state index in [1.54, 1.807) is 6.07 Å². The second-order valence-corrected chi connectivity index (χ2v) is 5.34. The van der Waals surface area contributed by atoms with Crippen LogP contribution in [0, 0.1) is 0 Å². The Morgan fingerprint density at radius 3 is 2.44 bits per heavy atom. The molecule has 0 aliphatic rings. The van der Waals surface area contributed by atoms with Crippen molar-refractivity contribution < 1.29 is 5.11 Å². The number of phenolic OH excluding ortho intramolecular Hbond substituents is 1. The largest absolute Gasteiger partial charge is 0.508 e. The Kier molecular flexibility index (Phi) is 4.36. The quantitative estimate of drug-likeness (QED) is 0.768. The summed E-state index contributed by atoms with van der Waals surface area (Å²) in [5.41, 5.74) is 7.92. The van der Waals surface area contributed by atoms with Gasteiger partial charge in [0.2, 0.25) is 0 Å². The van der Waals surface area contributed by atoms with Crippen molar-refractivity contribution in [2.45, 2.75) is 45.4 Å². The first-order valence-corrected chi connectivity index (χ1v) is 5.97. The van der Waals surface area contributed by atoms with Crippen LogP contribution in [0.2, 0.25) is 0 Å². The molecule has 2 nitrogen and oxygen atoms in total. The number of rotatable bonds is 4. The van der Waals surface area contributed by atoms with Gasteiger partial charge in [0.15, 0.2) is 0 Å². The van der Waals surface area contributed by atoms with Crippen molar-refractivity contribution in [1.29, 1.82) is 0 Å². The molecule has 2 heteroatoms. The summed E-state index contributed by atoms with van der Waals surface area (Å²) >= 11 is 0. The predicted molar refractivity (Wildman–Crippen MR) is 68.8 cm³/mol. The number of hydrogen-bond donors (Lipinski definition) is 2. The second-order valence-electron chi connectivity index (χ2n) is 5.34. The summed E-state index contributed by atoms with van der Waals surface area (Å²) < 4.78 is 0. The van der Waals surface area contributed by atoms with Gasteiger partial charge in [-0.2, -0.15) is 0 Å². The molecule has 0 spiro atoms. The van der Waals surface area contributed by atoms with Crippen LogP contribution in [0.25, 0.3) is 0 Å². The van der Waals surface area contributed by atoms with E-state index in [0.29, 0.717) is 5.75 Å². The fourth-order valence-corrected chi connectivity index (χ4v) is 1.71. The van der Waals surface area contributed by atoms with Crippen LogP contribution in [0.4, 0.5) is 0 Å². The number of phenols is 1. The van der Waals surface area contributed by atoms with Gasteiger partial charge in [-0.25, -0.2) is 0 Å². The van der Waals surface area contributed by atoms with Crippen molar-refractivity contribution in [3.8, 4) is 5.75 Å². The van der Waals surface area contributed by atoms with Crippen molar-refractivity contribution in [3.63, 3.8) is 0 Å². The van der Waals surface area contributed by atoms with E-state index in [1.807, 2.05) is 6.07 Å². The van der Waals surface area contributed by atoms with E-state index in [-0.39, 0.29) is 5.41 Å². The van der Waals surface area contributed by atoms with Gasteiger partial charge >= 0.3 is 0 Å². The van der Waals surface area contributed by atoms with E-state index in [2.05, 4.69) is 26.8 Å². The number of aromatic hydroxyl groups is 1. The first-order chi connectivity index (χ1) is 7.45. The minimum Gasteiger partial charge on any atom is -0.508 e. The van der Waals surface area contributed by atoms with E-state index in [1.165, 1.54) is 5.56 Å². The highest BCUT2D eigenvalue weighted by Crippen LogP contribution is 2.28. The Labute approximate surface area is 98.5 Å². The molecule has 0 saturated carbocycles. The van der Waals surface area contributed by atoms with Crippen molar-refractivity contribution in [1.82, 2.24) is 0 Å². The molecule has 0 aromatic heterocycles. The maximum absolute atomic E-state index is 9.77. The molecule has 0 saturated heterocycles. The van der Waals surface area contributed by atoms with Gasteiger partial charge in [0, 0.05) is 0 Å². The molecule has 0 amide bonds. The molecule has 0 bridgehead atoms. The Bertz CT molecular complexity index is 339. The van der Waals surface area contributed by atoms with Crippen LogP contribution in [-0.4, -0.2) is 11.7 Å². The lowest BCUT2D eigenvalue weighted by Gasteiger charge is -2.20. The van der Waals surface area contributed by atoms with Crippen LogP contribution >= 0.6 is 0 Å². The first-order valence-electron chi connectivity index (χ1n) is 5.97. The molecule has 0 aliphatic heterocycles. The minimum absolute atomic E-state index is 0.135. The molecule has 1 rings (SSSR count). The van der Waals surface area contributed by atoms with Gasteiger partial charge in [0.1, 0.15) is 5.75 Å². The Morgan fingerprint density at radius 2 is 1.88 bits per heavy atom. The number of nitrogens with two attached hydrogens (primary N) is 1. The molecule has 90 valence electrons. The summed E-state index contributed by atoms with van der Waals surface area (Å²) in [6, 6.07) is 5.92. The molecule has 16 heavy (non-hydrogen) atoms. The van der Waals surface area contributed by atoms with Crippen molar-refractivity contribution >= 4 is 0 Å². The highest BCUT2D eigenvalue weighted by molar-refractivity contribution is 5.38. The van der Waals surface area contributed by atoms with Gasteiger partial charge in [-0.3, -0.25) is 0 Å². The lowest BCUT2D eigenvalue weighted by Crippen LogP contribution is -2.11. The van der Waals surface area contributed by atoms with E-state index in [0.717, 1.165) is 31.4 Å². The first kappa shape index (κ1) is 13.0. The molecular formula is C14H23NO. The SMILES string of the molecule is CC(C)(C)c1ccc(O)c(CCCCN)c1. The third-order valence-electron chi connectivity index (χ3n) is 2.85. The molecule has 3 N–H and O–H groups in total. The zero-order chi connectivity index (χ0) is 12.2. The third kappa shape index (κ3) is 3.53. The Balaban J connectivity index is 2.83. The van der Waals surface area contributed by atoms with Crippen LogP contribution in [-0.2, 0) is 11.8 Å². The Morgan fingerprint density at radius 1 is 1.19 bits per heavy atom. The molecule has 0 heterocycles. The summed E-state index contributed by atoms with van der Waals surface area (Å²) in [6.07, 6.45) is 2.96. The molecule has 0 radical (unpaired) electrons. The van der Waals surface area contributed by atoms with Crippen molar-refractivity contribution in [3.05, 3.63) is 29.3 Å². The number of hydrogen-bond acceptors (Lipinski definition) is 2. The van der Waals surface area contributed by atoms with Gasteiger partial charge < -0.3 is 10.8 Å². The van der Waals surface area contributed by atoms with Crippen LogP contribution in [0.1, 0.15) is 44.7 Å². The molecule has 0 fully saturated rings. The standard InChI is InChI=1S/C14H23NO/c1-14(2,3)12-7-8-13(16)11(10-12)6-4-5-9-15/h7-8,10,16H,4-6,9,15H2,1-3H3. The average molecular weight is 221 g/mol. The summed E-state index contributed by atoms with van der Waals surface area (Å²) in [4.78, 5) is 0. The Hall–Kier alpha value is -1.02. The van der Waals surface area contributed by atoms with E-state index < -0.39 is 0 Å². The van der Waals surface area contributed by atoms with Gasteiger partial charge in [0.25, 0.3) is 0 Å². The summed E-state index contributed by atoms with van der Waals surface area (Å²) in [6.45, 7) is 7.27. The highest BCUT2D eigenvalue weighted by atomic mass is 16.3. The molecular weight excluding hydrogens is 198 g/mol. The zero-order valence-corrected chi connectivity index (χ0v) is 10.6. The maximum Gasteiger partial charge on any atom is 0.118 e. The molecule has 1 aromatic rings. The van der Waals surface area contributed by atoms with Gasteiger partial charge in [-0.1, -0.05) is 32.9 Å². The second kappa shape index (κ2) is 5.35. The number of unbranched alkanes of at least 4 members (excludes halogenated alkanes) is 1. The molecule has 1 aromatic carbocycles. The lowest BCUT2D eigenvalue weighted by atomic mass is 9.85. The van der Waals surface area contributed by atoms with Crippen molar-refractivity contribution in [2.75, 3.05) is 6.54 Å². The topological polar surface area (TPSA) is 46.2 Å². The van der Waals surface area contributed by atoms with Crippen molar-refractivity contribution in [2.24, 2.45) is 5.73 Å².